The highest BCUT2D eigenvalue weighted by molar-refractivity contribution is 7.89. The molecule has 3 N–H and O–H groups in total. The number of sulfonamides is 1. The monoisotopic (exact) mass is 342 g/mol. The average molecular weight is 343 g/mol. The van der Waals surface area contributed by atoms with Crippen LogP contribution in [0.4, 0.5) is 4.39 Å². The number of hydrogen-bond donors (Lipinski definition) is 2. The lowest BCUT2D eigenvalue weighted by Crippen LogP contribution is -2.53. The quantitative estimate of drug-likeness (QED) is 0.862. The minimum Gasteiger partial charge on any atom is -0.329 e. The Labute approximate surface area is 129 Å². The molecule has 1 aliphatic carbocycles. The highest BCUT2D eigenvalue weighted by atomic mass is 35.5. The Bertz CT molecular complexity index is 593. The Morgan fingerprint density at radius 2 is 2.10 bits per heavy atom. The van der Waals surface area contributed by atoms with Gasteiger partial charge in [0.1, 0.15) is 10.7 Å². The second-order valence-electron chi connectivity index (χ2n) is 5.08. The van der Waals surface area contributed by atoms with Gasteiger partial charge in [0.2, 0.25) is 10.0 Å². The summed E-state index contributed by atoms with van der Waals surface area (Å²) in [7, 11) is -3.98. The van der Waals surface area contributed by atoms with Crippen molar-refractivity contribution in [2.24, 2.45) is 11.7 Å². The smallest absolute Gasteiger partial charge is 0.244 e. The molecule has 1 atom stereocenters. The van der Waals surface area contributed by atoms with Crippen LogP contribution in [-0.4, -0.2) is 20.5 Å². The number of hydrogen-bond acceptors (Lipinski definition) is 3. The second kappa shape index (κ2) is 6.15. The highest BCUT2D eigenvalue weighted by Crippen LogP contribution is 2.39. The number of halogens is 3. The number of nitrogens with one attached hydrogen (secondary N) is 1. The molecule has 4 nitrogen and oxygen atoms in total. The Hall–Kier alpha value is -0.400. The third-order valence-electron chi connectivity index (χ3n) is 3.45. The predicted molar refractivity (Wildman–Crippen MR) is 79.2 cm³/mol. The molecule has 0 radical (unpaired) electrons. The van der Waals surface area contributed by atoms with Crippen LogP contribution in [0.15, 0.2) is 23.1 Å². The van der Waals surface area contributed by atoms with Crippen LogP contribution in [0.1, 0.15) is 19.8 Å². The predicted octanol–water partition coefficient (Wildman–Crippen LogP) is 2.31. The summed E-state index contributed by atoms with van der Waals surface area (Å²) in [4.78, 5) is -0.444. The van der Waals surface area contributed by atoms with Gasteiger partial charge < -0.3 is 5.73 Å². The zero-order valence-electron chi connectivity index (χ0n) is 10.9. The molecule has 1 unspecified atom stereocenters. The van der Waals surface area contributed by atoms with Crippen molar-refractivity contribution in [2.45, 2.75) is 30.2 Å². The van der Waals surface area contributed by atoms with Gasteiger partial charge in [-0.2, -0.15) is 0 Å². The Morgan fingerprint density at radius 3 is 2.60 bits per heavy atom. The van der Waals surface area contributed by atoms with Gasteiger partial charge in [0.05, 0.1) is 0 Å². The van der Waals surface area contributed by atoms with Crippen LogP contribution in [0.2, 0.25) is 5.02 Å². The minimum atomic E-state index is -3.98. The first-order valence-electron chi connectivity index (χ1n) is 5.97. The fourth-order valence-corrected chi connectivity index (χ4v) is 3.87. The van der Waals surface area contributed by atoms with Crippen molar-refractivity contribution in [3.8, 4) is 0 Å². The summed E-state index contributed by atoms with van der Waals surface area (Å²) in [5.41, 5.74) is 4.91. The first kappa shape index (κ1) is 17.7. The third kappa shape index (κ3) is 3.62. The van der Waals surface area contributed by atoms with Crippen LogP contribution < -0.4 is 10.5 Å². The lowest BCUT2D eigenvalue weighted by Gasteiger charge is -2.29. The molecule has 0 aliphatic heterocycles. The van der Waals surface area contributed by atoms with Gasteiger partial charge in [-0.25, -0.2) is 17.5 Å². The largest absolute Gasteiger partial charge is 0.329 e. The zero-order chi connectivity index (χ0) is 14.3. The van der Waals surface area contributed by atoms with Gasteiger partial charge in [-0.3, -0.25) is 0 Å². The zero-order valence-corrected chi connectivity index (χ0v) is 13.3. The molecule has 0 saturated heterocycles. The average Bonchev–Trinajstić information content (AvgIpc) is 3.15. The van der Waals surface area contributed by atoms with Crippen LogP contribution in [0.3, 0.4) is 0 Å². The third-order valence-corrected chi connectivity index (χ3v) is 5.31. The van der Waals surface area contributed by atoms with Crippen LogP contribution in [0.5, 0.6) is 0 Å². The number of nitrogens with two attached hydrogens (primary N) is 1. The topological polar surface area (TPSA) is 72.2 Å². The van der Waals surface area contributed by atoms with E-state index in [0.717, 1.165) is 25.0 Å². The standard InChI is InChI=1S/C12H16ClFN2O2S.ClH/c1-12(7-15,8-2-3-8)16-19(17,18)11-6-9(13)4-5-10(11)14;/h4-6,8,16H,2-3,7,15H2,1H3;1H. The van der Waals surface area contributed by atoms with E-state index in [4.69, 9.17) is 17.3 Å². The van der Waals surface area contributed by atoms with Crippen LogP contribution in [0.25, 0.3) is 0 Å². The molecule has 20 heavy (non-hydrogen) atoms. The van der Waals surface area contributed by atoms with E-state index in [0.29, 0.717) is 0 Å². The Kier molecular flexibility index (Phi) is 5.43. The van der Waals surface area contributed by atoms with Crippen molar-refractivity contribution in [3.63, 3.8) is 0 Å². The first-order valence-corrected chi connectivity index (χ1v) is 7.84. The van der Waals surface area contributed by atoms with Crippen LogP contribution in [0, 0.1) is 11.7 Å². The molecule has 114 valence electrons. The fourth-order valence-electron chi connectivity index (χ4n) is 2.06. The maximum atomic E-state index is 13.7. The van der Waals surface area contributed by atoms with Crippen molar-refractivity contribution >= 4 is 34.0 Å². The number of rotatable bonds is 5. The van der Waals surface area contributed by atoms with Crippen molar-refractivity contribution in [2.75, 3.05) is 6.54 Å². The summed E-state index contributed by atoms with van der Waals surface area (Å²) in [6.45, 7) is 1.91. The maximum absolute atomic E-state index is 13.7. The fraction of sp³-hybridized carbons (Fsp3) is 0.500. The SMILES string of the molecule is CC(CN)(NS(=O)(=O)c1cc(Cl)ccc1F)C1CC1.Cl. The summed E-state index contributed by atoms with van der Waals surface area (Å²) in [6, 6.07) is 3.44. The lowest BCUT2D eigenvalue weighted by atomic mass is 9.98. The molecule has 0 aromatic heterocycles. The summed E-state index contributed by atoms with van der Waals surface area (Å²) in [5, 5.41) is 0.169. The molecule has 2 rings (SSSR count). The molecule has 1 aromatic carbocycles. The maximum Gasteiger partial charge on any atom is 0.244 e. The van der Waals surface area contributed by atoms with E-state index in [1.54, 1.807) is 6.92 Å². The van der Waals surface area contributed by atoms with Gasteiger partial charge in [0.15, 0.2) is 0 Å². The molecule has 1 saturated carbocycles. The van der Waals surface area contributed by atoms with Gasteiger partial charge in [0.25, 0.3) is 0 Å². The van der Waals surface area contributed by atoms with Gasteiger partial charge in [0, 0.05) is 17.1 Å². The molecule has 0 amide bonds. The minimum absolute atomic E-state index is 0. The highest BCUT2D eigenvalue weighted by Gasteiger charge is 2.43. The van der Waals surface area contributed by atoms with Gasteiger partial charge in [-0.15, -0.1) is 12.4 Å². The van der Waals surface area contributed by atoms with Gasteiger partial charge >= 0.3 is 0 Å². The van der Waals surface area contributed by atoms with Gasteiger partial charge in [-0.05, 0) is 43.9 Å². The van der Waals surface area contributed by atoms with E-state index in [2.05, 4.69) is 4.72 Å². The summed E-state index contributed by atoms with van der Waals surface area (Å²) < 4.78 is 40.7. The number of benzene rings is 1. The molecular formula is C12H17Cl2FN2O2S. The Balaban J connectivity index is 0.00000200. The summed E-state index contributed by atoms with van der Waals surface area (Å²) >= 11 is 5.72. The molecule has 0 heterocycles. The molecule has 8 heteroatoms. The van der Waals surface area contributed by atoms with Crippen molar-refractivity contribution in [3.05, 3.63) is 29.0 Å². The first-order chi connectivity index (χ1) is 8.78. The van der Waals surface area contributed by atoms with E-state index < -0.39 is 26.3 Å². The molecule has 1 fully saturated rings. The summed E-state index contributed by atoms with van der Waals surface area (Å²) in [5.74, 6) is -0.624. The van der Waals surface area contributed by atoms with Crippen molar-refractivity contribution in [1.82, 2.24) is 4.72 Å². The van der Waals surface area contributed by atoms with Crippen LogP contribution in [-0.2, 0) is 10.0 Å². The molecule has 0 spiro atoms. The normalized spacial score (nSPS) is 18.2. The van der Waals surface area contributed by atoms with Crippen molar-refractivity contribution in [1.29, 1.82) is 0 Å². The molecule has 1 aromatic rings. The van der Waals surface area contributed by atoms with E-state index in [9.17, 15) is 12.8 Å². The lowest BCUT2D eigenvalue weighted by molar-refractivity contribution is 0.373. The van der Waals surface area contributed by atoms with Crippen LogP contribution >= 0.6 is 24.0 Å². The van der Waals surface area contributed by atoms with E-state index in [-0.39, 0.29) is 29.9 Å². The molecule has 0 bridgehead atoms. The summed E-state index contributed by atoms with van der Waals surface area (Å²) in [6.07, 6.45) is 1.85. The van der Waals surface area contributed by atoms with E-state index >= 15 is 0 Å². The van der Waals surface area contributed by atoms with E-state index in [1.165, 1.54) is 6.07 Å². The van der Waals surface area contributed by atoms with Crippen molar-refractivity contribution < 1.29 is 12.8 Å². The molecule has 1 aliphatic rings. The Morgan fingerprint density at radius 1 is 1.50 bits per heavy atom. The van der Waals surface area contributed by atoms with Gasteiger partial charge in [-0.1, -0.05) is 11.6 Å². The van der Waals surface area contributed by atoms with E-state index in [1.807, 2.05) is 0 Å². The second-order valence-corrected chi connectivity index (χ2v) is 7.16. The molecular weight excluding hydrogens is 326 g/mol.